The molecule has 0 amide bonds. The fraction of sp³-hybridized carbons (Fsp3) is 0.647. The standard InChI is InChI=1S/C17H22BrN/c18-15-7-5-11(6-8-15)14-9-16(10-14)19-17(12-1-2-12)13-3-4-13/h5-8,12-14,16-17,19H,1-4,9-10H2. The Morgan fingerprint density at radius 1 is 0.947 bits per heavy atom. The first-order chi connectivity index (χ1) is 9.29. The summed E-state index contributed by atoms with van der Waals surface area (Å²) < 4.78 is 1.19. The van der Waals surface area contributed by atoms with E-state index in [1.165, 1.54) is 48.6 Å². The molecule has 3 saturated carbocycles. The normalized spacial score (nSPS) is 30.4. The van der Waals surface area contributed by atoms with Gasteiger partial charge < -0.3 is 5.32 Å². The van der Waals surface area contributed by atoms with Crippen molar-refractivity contribution in [3.8, 4) is 0 Å². The average molecular weight is 320 g/mol. The third-order valence-corrected chi connectivity index (χ3v) is 5.70. The minimum Gasteiger partial charge on any atom is -0.311 e. The molecule has 1 aromatic carbocycles. The highest BCUT2D eigenvalue weighted by Gasteiger charge is 2.43. The molecule has 102 valence electrons. The van der Waals surface area contributed by atoms with Crippen molar-refractivity contribution in [1.29, 1.82) is 0 Å². The molecule has 2 heteroatoms. The summed E-state index contributed by atoms with van der Waals surface area (Å²) in [7, 11) is 0. The zero-order valence-electron chi connectivity index (χ0n) is 11.3. The number of halogens is 1. The van der Waals surface area contributed by atoms with Gasteiger partial charge in [0.1, 0.15) is 0 Å². The monoisotopic (exact) mass is 319 g/mol. The predicted octanol–water partition coefficient (Wildman–Crippen LogP) is 4.47. The van der Waals surface area contributed by atoms with Crippen LogP contribution in [0.4, 0.5) is 0 Å². The number of nitrogens with one attached hydrogen (secondary N) is 1. The first-order valence-corrected chi connectivity index (χ1v) is 8.60. The summed E-state index contributed by atoms with van der Waals surface area (Å²) in [5.74, 6) is 2.85. The molecular weight excluding hydrogens is 298 g/mol. The van der Waals surface area contributed by atoms with Gasteiger partial charge in [0.15, 0.2) is 0 Å². The van der Waals surface area contributed by atoms with Gasteiger partial charge in [0.05, 0.1) is 0 Å². The van der Waals surface area contributed by atoms with Crippen LogP contribution in [0.1, 0.15) is 50.0 Å². The molecule has 0 aliphatic heterocycles. The lowest BCUT2D eigenvalue weighted by molar-refractivity contribution is 0.242. The average Bonchev–Trinajstić information content (AvgIpc) is 3.24. The van der Waals surface area contributed by atoms with Crippen LogP contribution < -0.4 is 5.32 Å². The lowest BCUT2D eigenvalue weighted by atomic mass is 9.75. The third kappa shape index (κ3) is 2.75. The van der Waals surface area contributed by atoms with Gasteiger partial charge >= 0.3 is 0 Å². The number of hydrogen-bond acceptors (Lipinski definition) is 1. The molecule has 0 bridgehead atoms. The first-order valence-electron chi connectivity index (χ1n) is 7.81. The van der Waals surface area contributed by atoms with Crippen LogP contribution in [-0.2, 0) is 0 Å². The van der Waals surface area contributed by atoms with Crippen molar-refractivity contribution in [2.45, 2.75) is 56.5 Å². The molecule has 3 fully saturated rings. The van der Waals surface area contributed by atoms with Crippen LogP contribution in [0.2, 0.25) is 0 Å². The molecule has 1 aromatic rings. The Kier molecular flexibility index (Phi) is 3.19. The van der Waals surface area contributed by atoms with E-state index in [4.69, 9.17) is 0 Å². The third-order valence-electron chi connectivity index (χ3n) is 5.17. The Morgan fingerprint density at radius 2 is 1.53 bits per heavy atom. The minimum absolute atomic E-state index is 0.792. The van der Waals surface area contributed by atoms with Crippen molar-refractivity contribution in [2.24, 2.45) is 11.8 Å². The summed E-state index contributed by atoms with van der Waals surface area (Å²) in [5, 5.41) is 3.98. The van der Waals surface area contributed by atoms with Gasteiger partial charge in [-0.25, -0.2) is 0 Å². The highest BCUT2D eigenvalue weighted by Crippen LogP contribution is 2.46. The highest BCUT2D eigenvalue weighted by atomic mass is 79.9. The van der Waals surface area contributed by atoms with Gasteiger partial charge in [-0.05, 0) is 74.0 Å². The second-order valence-corrected chi connectivity index (χ2v) is 7.70. The van der Waals surface area contributed by atoms with E-state index >= 15 is 0 Å². The maximum atomic E-state index is 3.98. The van der Waals surface area contributed by atoms with Gasteiger partial charge in [-0.2, -0.15) is 0 Å². The summed E-state index contributed by atoms with van der Waals surface area (Å²) >= 11 is 3.51. The molecule has 1 N–H and O–H groups in total. The predicted molar refractivity (Wildman–Crippen MR) is 82.3 cm³/mol. The summed E-state index contributed by atoms with van der Waals surface area (Å²) in [4.78, 5) is 0. The molecular formula is C17H22BrN. The van der Waals surface area contributed by atoms with E-state index in [9.17, 15) is 0 Å². The fourth-order valence-corrected chi connectivity index (χ4v) is 3.87. The zero-order valence-corrected chi connectivity index (χ0v) is 12.9. The van der Waals surface area contributed by atoms with Crippen molar-refractivity contribution in [2.75, 3.05) is 0 Å². The van der Waals surface area contributed by atoms with Crippen molar-refractivity contribution >= 4 is 15.9 Å². The minimum atomic E-state index is 0.792. The molecule has 1 nitrogen and oxygen atoms in total. The van der Waals surface area contributed by atoms with E-state index in [0.29, 0.717) is 0 Å². The molecule has 4 rings (SSSR count). The van der Waals surface area contributed by atoms with Crippen LogP contribution in [-0.4, -0.2) is 12.1 Å². The van der Waals surface area contributed by atoms with Crippen molar-refractivity contribution in [3.05, 3.63) is 34.3 Å². The number of benzene rings is 1. The van der Waals surface area contributed by atoms with Crippen molar-refractivity contribution in [1.82, 2.24) is 5.32 Å². The summed E-state index contributed by atoms with van der Waals surface area (Å²) in [6.07, 6.45) is 8.62. The van der Waals surface area contributed by atoms with E-state index in [1.54, 1.807) is 0 Å². The Balaban J connectivity index is 1.31. The first kappa shape index (κ1) is 12.4. The van der Waals surface area contributed by atoms with E-state index < -0.39 is 0 Å². The number of rotatable bonds is 5. The van der Waals surface area contributed by atoms with Gasteiger partial charge in [-0.3, -0.25) is 0 Å². The maximum absolute atomic E-state index is 3.98. The Morgan fingerprint density at radius 3 is 2.05 bits per heavy atom. The molecule has 0 saturated heterocycles. The van der Waals surface area contributed by atoms with E-state index in [1.807, 2.05) is 0 Å². The van der Waals surface area contributed by atoms with Gasteiger partial charge in [-0.15, -0.1) is 0 Å². The summed E-state index contributed by atoms with van der Waals surface area (Å²) in [5.41, 5.74) is 1.52. The van der Waals surface area contributed by atoms with Crippen LogP contribution in [0.5, 0.6) is 0 Å². The Labute approximate surface area is 124 Å². The van der Waals surface area contributed by atoms with Crippen LogP contribution in [0, 0.1) is 11.8 Å². The van der Waals surface area contributed by atoms with Crippen molar-refractivity contribution < 1.29 is 0 Å². The van der Waals surface area contributed by atoms with Gasteiger partial charge in [0.25, 0.3) is 0 Å². The molecule has 0 aromatic heterocycles. The molecule has 0 radical (unpaired) electrons. The van der Waals surface area contributed by atoms with E-state index in [2.05, 4.69) is 45.5 Å². The molecule has 0 heterocycles. The maximum Gasteiger partial charge on any atom is 0.0175 e. The molecule has 19 heavy (non-hydrogen) atoms. The molecule has 0 spiro atoms. The molecule has 3 aliphatic rings. The van der Waals surface area contributed by atoms with Crippen LogP contribution in [0.15, 0.2) is 28.7 Å². The molecule has 0 atom stereocenters. The van der Waals surface area contributed by atoms with E-state index in [-0.39, 0.29) is 0 Å². The number of hydrogen-bond donors (Lipinski definition) is 1. The highest BCUT2D eigenvalue weighted by molar-refractivity contribution is 9.10. The molecule has 0 unspecified atom stereocenters. The Bertz CT molecular complexity index is 429. The lowest BCUT2D eigenvalue weighted by Crippen LogP contribution is -2.47. The quantitative estimate of drug-likeness (QED) is 0.844. The van der Waals surface area contributed by atoms with Gasteiger partial charge in [0.2, 0.25) is 0 Å². The smallest absolute Gasteiger partial charge is 0.0175 e. The second-order valence-electron chi connectivity index (χ2n) is 6.78. The Hall–Kier alpha value is -0.340. The second kappa shape index (κ2) is 4.89. The van der Waals surface area contributed by atoms with Crippen molar-refractivity contribution in [3.63, 3.8) is 0 Å². The molecule has 3 aliphatic carbocycles. The van der Waals surface area contributed by atoms with Crippen LogP contribution in [0.3, 0.4) is 0 Å². The van der Waals surface area contributed by atoms with Crippen LogP contribution in [0.25, 0.3) is 0 Å². The fourth-order valence-electron chi connectivity index (χ4n) is 3.60. The largest absolute Gasteiger partial charge is 0.311 e. The van der Waals surface area contributed by atoms with E-state index in [0.717, 1.165) is 29.8 Å². The summed E-state index contributed by atoms with van der Waals surface area (Å²) in [6.45, 7) is 0. The summed E-state index contributed by atoms with van der Waals surface area (Å²) in [6, 6.07) is 10.6. The topological polar surface area (TPSA) is 12.0 Å². The van der Waals surface area contributed by atoms with Gasteiger partial charge in [-0.1, -0.05) is 28.1 Å². The lowest BCUT2D eigenvalue weighted by Gasteiger charge is -2.39. The van der Waals surface area contributed by atoms with Gasteiger partial charge in [0, 0.05) is 16.6 Å². The zero-order chi connectivity index (χ0) is 12.8. The SMILES string of the molecule is Brc1ccc(C2CC(NC(C3CC3)C3CC3)C2)cc1. The van der Waals surface area contributed by atoms with Crippen LogP contribution >= 0.6 is 15.9 Å².